The van der Waals surface area contributed by atoms with Crippen LogP contribution in [0.25, 0.3) is 28.0 Å². The molecule has 0 saturated heterocycles. The van der Waals surface area contributed by atoms with Crippen LogP contribution in [-0.4, -0.2) is 58.5 Å². The van der Waals surface area contributed by atoms with Crippen LogP contribution in [0.1, 0.15) is 23.2 Å². The topological polar surface area (TPSA) is 91.9 Å². The van der Waals surface area contributed by atoms with Crippen molar-refractivity contribution in [2.75, 3.05) is 27.4 Å². The standard InChI is InChI=1S/C25H27N5O4/c1-29-15-18(13-27-29)16-6-7-30-20(14-26-23(30)12-16)17-10-21(33-3)24(25(31)28-19-4-5-19)22(11-17)34-9-8-32-2/h6-7,10-15,19H,4-5,8-9H2,1-3H3,(H,28,31). The fraction of sp³-hybridized carbons (Fsp3) is 0.320. The van der Waals surface area contributed by atoms with Gasteiger partial charge in [0.25, 0.3) is 5.91 Å². The molecule has 5 rings (SSSR count). The predicted octanol–water partition coefficient (Wildman–Crippen LogP) is 3.33. The number of nitrogens with zero attached hydrogens (tertiary/aromatic N) is 4. The maximum atomic E-state index is 13.0. The molecule has 0 unspecified atom stereocenters. The van der Waals surface area contributed by atoms with Crippen molar-refractivity contribution >= 4 is 11.6 Å². The number of pyridine rings is 1. The van der Waals surface area contributed by atoms with Gasteiger partial charge in [-0.3, -0.25) is 13.9 Å². The first-order chi connectivity index (χ1) is 16.6. The van der Waals surface area contributed by atoms with E-state index in [0.717, 1.165) is 40.9 Å². The summed E-state index contributed by atoms with van der Waals surface area (Å²) >= 11 is 0. The Hall–Kier alpha value is -3.85. The van der Waals surface area contributed by atoms with Crippen molar-refractivity contribution in [2.45, 2.75) is 18.9 Å². The molecule has 1 fully saturated rings. The number of hydrogen-bond acceptors (Lipinski definition) is 6. The van der Waals surface area contributed by atoms with Crippen molar-refractivity contribution in [1.29, 1.82) is 0 Å². The lowest BCUT2D eigenvalue weighted by Gasteiger charge is -2.17. The number of ether oxygens (including phenoxy) is 3. The summed E-state index contributed by atoms with van der Waals surface area (Å²) in [5.74, 6) is 0.703. The lowest BCUT2D eigenvalue weighted by atomic mass is 10.1. The summed E-state index contributed by atoms with van der Waals surface area (Å²) in [6.45, 7) is 0.720. The SMILES string of the molecule is COCCOc1cc(-c2cnc3cc(-c4cnn(C)c4)ccn23)cc(OC)c1C(=O)NC1CC1. The van der Waals surface area contributed by atoms with Crippen LogP contribution in [0.3, 0.4) is 0 Å². The second-order valence-electron chi connectivity index (χ2n) is 8.33. The number of carbonyl (C=O) groups excluding carboxylic acids is 1. The van der Waals surface area contributed by atoms with Gasteiger partial charge in [0.1, 0.15) is 29.3 Å². The Balaban J connectivity index is 1.55. The molecule has 0 aliphatic heterocycles. The highest BCUT2D eigenvalue weighted by Gasteiger charge is 2.28. The fourth-order valence-corrected chi connectivity index (χ4v) is 3.90. The summed E-state index contributed by atoms with van der Waals surface area (Å²) in [5, 5.41) is 7.28. The van der Waals surface area contributed by atoms with Crippen LogP contribution in [0.15, 0.2) is 49.1 Å². The minimum Gasteiger partial charge on any atom is -0.496 e. The van der Waals surface area contributed by atoms with Crippen LogP contribution in [0, 0.1) is 0 Å². The first kappa shape index (κ1) is 22.0. The summed E-state index contributed by atoms with van der Waals surface area (Å²) in [6.07, 6.45) is 9.57. The van der Waals surface area contributed by atoms with Crippen molar-refractivity contribution < 1.29 is 19.0 Å². The van der Waals surface area contributed by atoms with Crippen molar-refractivity contribution in [1.82, 2.24) is 24.5 Å². The van der Waals surface area contributed by atoms with Crippen LogP contribution in [0.4, 0.5) is 0 Å². The largest absolute Gasteiger partial charge is 0.496 e. The summed E-state index contributed by atoms with van der Waals surface area (Å²) < 4.78 is 20.5. The van der Waals surface area contributed by atoms with Crippen LogP contribution < -0.4 is 14.8 Å². The van der Waals surface area contributed by atoms with E-state index in [-0.39, 0.29) is 11.9 Å². The van der Waals surface area contributed by atoms with E-state index in [9.17, 15) is 4.79 Å². The molecule has 176 valence electrons. The molecule has 1 N–H and O–H groups in total. The van der Waals surface area contributed by atoms with Gasteiger partial charge in [0.15, 0.2) is 0 Å². The Morgan fingerprint density at radius 1 is 1.09 bits per heavy atom. The van der Waals surface area contributed by atoms with E-state index < -0.39 is 0 Å². The van der Waals surface area contributed by atoms with Gasteiger partial charge in [-0.2, -0.15) is 5.10 Å². The average molecular weight is 462 g/mol. The molecule has 34 heavy (non-hydrogen) atoms. The first-order valence-electron chi connectivity index (χ1n) is 11.2. The van der Waals surface area contributed by atoms with Crippen LogP contribution in [0.2, 0.25) is 0 Å². The highest BCUT2D eigenvalue weighted by Crippen LogP contribution is 2.36. The molecule has 0 atom stereocenters. The molecular weight excluding hydrogens is 434 g/mol. The molecule has 4 aromatic rings. The second kappa shape index (κ2) is 9.18. The van der Waals surface area contributed by atoms with Crippen LogP contribution >= 0.6 is 0 Å². The number of aromatic nitrogens is 4. The van der Waals surface area contributed by atoms with Gasteiger partial charge in [-0.05, 0) is 42.7 Å². The van der Waals surface area contributed by atoms with E-state index in [4.69, 9.17) is 14.2 Å². The quantitative estimate of drug-likeness (QED) is 0.385. The molecule has 3 heterocycles. The Morgan fingerprint density at radius 3 is 2.62 bits per heavy atom. The van der Waals surface area contributed by atoms with Gasteiger partial charge >= 0.3 is 0 Å². The van der Waals surface area contributed by atoms with E-state index in [1.165, 1.54) is 0 Å². The zero-order chi connectivity index (χ0) is 23.7. The molecule has 0 bridgehead atoms. The Bertz CT molecular complexity index is 1340. The number of rotatable bonds is 9. The Labute approximate surface area is 197 Å². The number of aryl methyl sites for hydroxylation is 1. The van der Waals surface area contributed by atoms with E-state index in [1.54, 1.807) is 25.1 Å². The van der Waals surface area contributed by atoms with Crippen LogP contribution in [-0.2, 0) is 11.8 Å². The third kappa shape index (κ3) is 4.34. The lowest BCUT2D eigenvalue weighted by molar-refractivity contribution is 0.0939. The Kier molecular flexibility index (Phi) is 5.93. The first-order valence-corrected chi connectivity index (χ1v) is 11.2. The van der Waals surface area contributed by atoms with Gasteiger partial charge in [0.2, 0.25) is 0 Å². The summed E-state index contributed by atoms with van der Waals surface area (Å²) in [7, 11) is 5.06. The number of hydrogen-bond donors (Lipinski definition) is 1. The third-order valence-corrected chi connectivity index (χ3v) is 5.82. The molecular formula is C25H27N5O4. The summed E-state index contributed by atoms with van der Waals surface area (Å²) in [6, 6.07) is 7.98. The number of nitrogens with one attached hydrogen (secondary N) is 1. The summed E-state index contributed by atoms with van der Waals surface area (Å²) in [5.41, 5.74) is 4.93. The van der Waals surface area contributed by atoms with E-state index >= 15 is 0 Å². The highest BCUT2D eigenvalue weighted by molar-refractivity contribution is 6.01. The maximum Gasteiger partial charge on any atom is 0.259 e. The minimum atomic E-state index is -0.197. The van der Waals surface area contributed by atoms with Gasteiger partial charge in [-0.25, -0.2) is 4.98 Å². The zero-order valence-electron chi connectivity index (χ0n) is 19.4. The number of imidazole rings is 1. The van der Waals surface area contributed by atoms with Gasteiger partial charge in [0.05, 0.1) is 31.8 Å². The number of benzene rings is 1. The van der Waals surface area contributed by atoms with Crippen molar-refractivity contribution in [2.24, 2.45) is 7.05 Å². The van der Waals surface area contributed by atoms with E-state index in [0.29, 0.717) is 30.3 Å². The van der Waals surface area contributed by atoms with Crippen molar-refractivity contribution in [3.05, 3.63) is 54.6 Å². The van der Waals surface area contributed by atoms with Gasteiger partial charge < -0.3 is 19.5 Å². The zero-order valence-corrected chi connectivity index (χ0v) is 19.4. The number of amides is 1. The molecule has 1 aliphatic carbocycles. The second-order valence-corrected chi connectivity index (χ2v) is 8.33. The fourth-order valence-electron chi connectivity index (χ4n) is 3.90. The molecule has 1 saturated carbocycles. The molecule has 1 amide bonds. The molecule has 9 nitrogen and oxygen atoms in total. The maximum absolute atomic E-state index is 13.0. The molecule has 0 radical (unpaired) electrons. The molecule has 0 spiro atoms. The molecule has 1 aromatic carbocycles. The van der Waals surface area contributed by atoms with Crippen LogP contribution in [0.5, 0.6) is 11.5 Å². The smallest absolute Gasteiger partial charge is 0.259 e. The van der Waals surface area contributed by atoms with Gasteiger partial charge in [-0.1, -0.05) is 0 Å². The van der Waals surface area contributed by atoms with Gasteiger partial charge in [0, 0.05) is 43.7 Å². The lowest BCUT2D eigenvalue weighted by Crippen LogP contribution is -2.26. The monoisotopic (exact) mass is 461 g/mol. The summed E-state index contributed by atoms with van der Waals surface area (Å²) in [4.78, 5) is 17.6. The van der Waals surface area contributed by atoms with Crippen molar-refractivity contribution in [3.63, 3.8) is 0 Å². The van der Waals surface area contributed by atoms with E-state index in [2.05, 4.69) is 15.4 Å². The number of carbonyl (C=O) groups is 1. The predicted molar refractivity (Wildman–Crippen MR) is 127 cm³/mol. The highest BCUT2D eigenvalue weighted by atomic mass is 16.5. The van der Waals surface area contributed by atoms with Gasteiger partial charge in [-0.15, -0.1) is 0 Å². The normalized spacial score (nSPS) is 13.3. The molecule has 9 heteroatoms. The molecule has 1 aliphatic rings. The number of methoxy groups -OCH3 is 2. The molecule has 3 aromatic heterocycles. The van der Waals surface area contributed by atoms with Crippen molar-refractivity contribution in [3.8, 4) is 33.9 Å². The average Bonchev–Trinajstić information content (AvgIpc) is 3.37. The third-order valence-electron chi connectivity index (χ3n) is 5.82. The Morgan fingerprint density at radius 2 is 1.91 bits per heavy atom. The minimum absolute atomic E-state index is 0.197. The number of fused-ring (bicyclic) bond motifs is 1. The van der Waals surface area contributed by atoms with E-state index in [1.807, 2.05) is 54.3 Å².